The van der Waals surface area contributed by atoms with Crippen molar-refractivity contribution in [1.82, 2.24) is 0 Å². The Hall–Kier alpha value is -2.93. The minimum atomic E-state index is -0.744. The Bertz CT molecular complexity index is 817. The van der Waals surface area contributed by atoms with Crippen LogP contribution in [0.4, 0.5) is 15.8 Å². The third-order valence-electron chi connectivity index (χ3n) is 4.27. The van der Waals surface area contributed by atoms with Crippen LogP contribution in [0.3, 0.4) is 0 Å². The minimum Gasteiger partial charge on any atom is -0.452 e. The lowest BCUT2D eigenvalue weighted by Crippen LogP contribution is -2.36. The van der Waals surface area contributed by atoms with Crippen LogP contribution in [0.5, 0.6) is 0 Å². The van der Waals surface area contributed by atoms with Gasteiger partial charge in [-0.05, 0) is 48.9 Å². The maximum absolute atomic E-state index is 13.5. The predicted octanol–water partition coefficient (Wildman–Crippen LogP) is 2.77. The molecular formula is C20H21FN2O4. The Morgan fingerprint density at radius 1 is 1.15 bits per heavy atom. The Balaban J connectivity index is 1.50. The fourth-order valence-electron chi connectivity index (χ4n) is 2.71. The van der Waals surface area contributed by atoms with E-state index < -0.39 is 24.3 Å². The number of aryl methyl sites for hydroxylation is 1. The lowest BCUT2D eigenvalue weighted by Gasteiger charge is -2.28. The zero-order valence-corrected chi connectivity index (χ0v) is 15.0. The molecule has 2 aromatic rings. The summed E-state index contributed by atoms with van der Waals surface area (Å²) in [5.41, 5.74) is 2.17. The third-order valence-corrected chi connectivity index (χ3v) is 4.27. The second-order valence-corrected chi connectivity index (χ2v) is 6.23. The molecule has 1 aliphatic heterocycles. The van der Waals surface area contributed by atoms with Gasteiger partial charge in [-0.15, -0.1) is 0 Å². The van der Waals surface area contributed by atoms with Crippen LogP contribution in [-0.4, -0.2) is 44.8 Å². The standard InChI is InChI=1S/C20H21FN2O4/c1-14-2-3-15(12-18(14)21)20(25)27-13-19(24)22-16-4-6-17(7-5-16)23-8-10-26-11-9-23/h2-7,12H,8-11,13H2,1H3,(H,22,24). The van der Waals surface area contributed by atoms with Crippen LogP contribution in [-0.2, 0) is 14.3 Å². The lowest BCUT2D eigenvalue weighted by molar-refractivity contribution is -0.119. The van der Waals surface area contributed by atoms with Gasteiger partial charge < -0.3 is 19.7 Å². The molecule has 0 saturated carbocycles. The Labute approximate surface area is 156 Å². The average Bonchev–Trinajstić information content (AvgIpc) is 2.69. The minimum absolute atomic E-state index is 0.0702. The highest BCUT2D eigenvalue weighted by atomic mass is 19.1. The molecule has 1 fully saturated rings. The number of nitrogens with one attached hydrogen (secondary N) is 1. The number of nitrogens with zero attached hydrogens (tertiary/aromatic N) is 1. The molecule has 27 heavy (non-hydrogen) atoms. The Morgan fingerprint density at radius 3 is 2.52 bits per heavy atom. The van der Waals surface area contributed by atoms with E-state index in [9.17, 15) is 14.0 Å². The number of carbonyl (C=O) groups is 2. The maximum atomic E-state index is 13.5. The van der Waals surface area contributed by atoms with Gasteiger partial charge in [-0.1, -0.05) is 6.07 Å². The van der Waals surface area contributed by atoms with E-state index >= 15 is 0 Å². The summed E-state index contributed by atoms with van der Waals surface area (Å²) in [6.45, 7) is 4.23. The van der Waals surface area contributed by atoms with E-state index in [0.717, 1.165) is 24.8 Å². The average molecular weight is 372 g/mol. The molecule has 0 unspecified atom stereocenters. The number of anilines is 2. The molecule has 1 amide bonds. The quantitative estimate of drug-likeness (QED) is 0.818. The highest BCUT2D eigenvalue weighted by Gasteiger charge is 2.13. The molecule has 0 aliphatic carbocycles. The van der Waals surface area contributed by atoms with E-state index in [2.05, 4.69) is 10.2 Å². The van der Waals surface area contributed by atoms with Gasteiger partial charge in [0.2, 0.25) is 0 Å². The molecule has 0 spiro atoms. The molecule has 7 heteroatoms. The van der Waals surface area contributed by atoms with Crippen LogP contribution in [0.15, 0.2) is 42.5 Å². The van der Waals surface area contributed by atoms with Gasteiger partial charge in [-0.25, -0.2) is 9.18 Å². The van der Waals surface area contributed by atoms with Crippen LogP contribution in [0, 0.1) is 12.7 Å². The molecule has 3 rings (SSSR count). The van der Waals surface area contributed by atoms with Gasteiger partial charge in [-0.2, -0.15) is 0 Å². The zero-order valence-electron chi connectivity index (χ0n) is 15.0. The number of hydrogen-bond acceptors (Lipinski definition) is 5. The lowest BCUT2D eigenvalue weighted by atomic mass is 10.1. The monoisotopic (exact) mass is 372 g/mol. The molecule has 0 aromatic heterocycles. The smallest absolute Gasteiger partial charge is 0.338 e. The van der Waals surface area contributed by atoms with Gasteiger partial charge in [0.15, 0.2) is 6.61 Å². The Morgan fingerprint density at radius 2 is 1.85 bits per heavy atom. The van der Waals surface area contributed by atoms with Crippen molar-refractivity contribution < 1.29 is 23.5 Å². The molecule has 0 bridgehead atoms. The van der Waals surface area contributed by atoms with Crippen molar-refractivity contribution in [2.45, 2.75) is 6.92 Å². The fourth-order valence-corrected chi connectivity index (χ4v) is 2.71. The SMILES string of the molecule is Cc1ccc(C(=O)OCC(=O)Nc2ccc(N3CCOCC3)cc2)cc1F. The van der Waals surface area contributed by atoms with Crippen molar-refractivity contribution in [3.63, 3.8) is 0 Å². The van der Waals surface area contributed by atoms with Gasteiger partial charge in [0, 0.05) is 24.5 Å². The molecule has 1 aliphatic rings. The predicted molar refractivity (Wildman–Crippen MR) is 99.5 cm³/mol. The second-order valence-electron chi connectivity index (χ2n) is 6.23. The van der Waals surface area contributed by atoms with Crippen LogP contribution in [0.2, 0.25) is 0 Å². The van der Waals surface area contributed by atoms with Gasteiger partial charge in [0.25, 0.3) is 5.91 Å². The highest BCUT2D eigenvalue weighted by molar-refractivity contribution is 5.95. The number of ether oxygens (including phenoxy) is 2. The van der Waals surface area contributed by atoms with Crippen LogP contribution < -0.4 is 10.2 Å². The molecule has 6 nitrogen and oxygen atoms in total. The van der Waals surface area contributed by atoms with Gasteiger partial charge in [0.05, 0.1) is 18.8 Å². The highest BCUT2D eigenvalue weighted by Crippen LogP contribution is 2.19. The zero-order chi connectivity index (χ0) is 19.2. The number of esters is 1. The summed E-state index contributed by atoms with van der Waals surface area (Å²) in [4.78, 5) is 26.1. The summed E-state index contributed by atoms with van der Waals surface area (Å²) >= 11 is 0. The maximum Gasteiger partial charge on any atom is 0.338 e. The van der Waals surface area contributed by atoms with Crippen LogP contribution >= 0.6 is 0 Å². The molecule has 142 valence electrons. The first-order valence-corrected chi connectivity index (χ1v) is 8.69. The largest absolute Gasteiger partial charge is 0.452 e. The van der Waals surface area contributed by atoms with E-state index in [1.54, 1.807) is 19.1 Å². The molecule has 0 atom stereocenters. The van der Waals surface area contributed by atoms with Crippen molar-refractivity contribution in [1.29, 1.82) is 0 Å². The molecular weight excluding hydrogens is 351 g/mol. The second kappa shape index (κ2) is 8.64. The van der Waals surface area contributed by atoms with Crippen molar-refractivity contribution in [2.75, 3.05) is 43.1 Å². The molecule has 1 N–H and O–H groups in total. The van der Waals surface area contributed by atoms with Gasteiger partial charge in [-0.3, -0.25) is 4.79 Å². The normalized spacial score (nSPS) is 13.9. The van der Waals surface area contributed by atoms with Crippen molar-refractivity contribution in [3.8, 4) is 0 Å². The van der Waals surface area contributed by atoms with Crippen molar-refractivity contribution in [3.05, 3.63) is 59.4 Å². The number of rotatable bonds is 5. The molecule has 0 radical (unpaired) electrons. The van der Waals surface area contributed by atoms with Gasteiger partial charge in [0.1, 0.15) is 5.82 Å². The van der Waals surface area contributed by atoms with Crippen molar-refractivity contribution in [2.24, 2.45) is 0 Å². The van der Waals surface area contributed by atoms with E-state index in [-0.39, 0.29) is 5.56 Å². The molecule has 2 aromatic carbocycles. The van der Waals surface area contributed by atoms with E-state index in [1.807, 2.05) is 12.1 Å². The van der Waals surface area contributed by atoms with Crippen molar-refractivity contribution >= 4 is 23.3 Å². The molecule has 1 heterocycles. The first-order valence-electron chi connectivity index (χ1n) is 8.69. The summed E-state index contributed by atoms with van der Waals surface area (Å²) in [6, 6.07) is 11.5. The number of carbonyl (C=O) groups excluding carboxylic acids is 2. The summed E-state index contributed by atoms with van der Waals surface area (Å²) in [5.74, 6) is -1.70. The summed E-state index contributed by atoms with van der Waals surface area (Å²) in [7, 11) is 0. The number of halogens is 1. The third kappa shape index (κ3) is 5.04. The first-order chi connectivity index (χ1) is 13.0. The van der Waals surface area contributed by atoms with E-state index in [4.69, 9.17) is 9.47 Å². The summed E-state index contributed by atoms with van der Waals surface area (Å²) in [6.07, 6.45) is 0. The topological polar surface area (TPSA) is 67.9 Å². The summed E-state index contributed by atoms with van der Waals surface area (Å²) in [5, 5.41) is 2.67. The fraction of sp³-hybridized carbons (Fsp3) is 0.300. The van der Waals surface area contributed by atoms with Crippen LogP contribution in [0.1, 0.15) is 15.9 Å². The van der Waals surface area contributed by atoms with Crippen LogP contribution in [0.25, 0.3) is 0 Å². The van der Waals surface area contributed by atoms with Gasteiger partial charge >= 0.3 is 5.97 Å². The number of hydrogen-bond donors (Lipinski definition) is 1. The number of amides is 1. The number of morpholine rings is 1. The number of benzene rings is 2. The Kier molecular flexibility index (Phi) is 6.03. The van der Waals surface area contributed by atoms with E-state index in [1.165, 1.54) is 12.1 Å². The summed E-state index contributed by atoms with van der Waals surface area (Å²) < 4.78 is 23.8. The molecule has 1 saturated heterocycles. The van der Waals surface area contributed by atoms with E-state index in [0.29, 0.717) is 24.5 Å². The first kappa shape index (κ1) is 18.8.